The van der Waals surface area contributed by atoms with Crippen LogP contribution in [0.3, 0.4) is 0 Å². The molecule has 0 saturated carbocycles. The zero-order valence-corrected chi connectivity index (χ0v) is 14.6. The number of amides is 1. The number of nitrogens with zero attached hydrogens (tertiary/aromatic N) is 1. The Hall–Kier alpha value is -1.27. The van der Waals surface area contributed by atoms with Gasteiger partial charge in [-0.1, -0.05) is 50.7 Å². The van der Waals surface area contributed by atoms with Gasteiger partial charge < -0.3 is 5.11 Å². The standard InChI is InChI=1S/C14H8BrCl3N2O2/c15-8-1-2-11(17)10(4-8)14(22)20-19-6-7-3-9(16)5-12(18)13(7)21/h1-6,21H,(H,20,22)/b19-6+. The first-order chi connectivity index (χ1) is 10.4. The Labute approximate surface area is 149 Å². The van der Waals surface area contributed by atoms with Crippen LogP contribution in [0.15, 0.2) is 39.9 Å². The first-order valence-corrected chi connectivity index (χ1v) is 7.77. The molecule has 0 aromatic heterocycles. The van der Waals surface area contributed by atoms with Gasteiger partial charge in [0.25, 0.3) is 5.91 Å². The number of carbonyl (C=O) groups is 1. The lowest BCUT2D eigenvalue weighted by molar-refractivity contribution is 0.0955. The number of halogens is 4. The van der Waals surface area contributed by atoms with E-state index in [-0.39, 0.29) is 21.9 Å². The average Bonchev–Trinajstić information content (AvgIpc) is 2.46. The molecule has 0 unspecified atom stereocenters. The monoisotopic (exact) mass is 420 g/mol. The highest BCUT2D eigenvalue weighted by molar-refractivity contribution is 9.10. The van der Waals surface area contributed by atoms with Gasteiger partial charge >= 0.3 is 0 Å². The Kier molecular flexibility index (Phi) is 5.69. The Morgan fingerprint density at radius 1 is 1.18 bits per heavy atom. The molecule has 0 bridgehead atoms. The molecule has 0 heterocycles. The molecule has 0 aliphatic carbocycles. The maximum Gasteiger partial charge on any atom is 0.272 e. The quantitative estimate of drug-likeness (QED) is 0.547. The van der Waals surface area contributed by atoms with E-state index in [1.165, 1.54) is 18.3 Å². The molecular weight excluding hydrogens is 414 g/mol. The molecule has 0 aliphatic heterocycles. The minimum absolute atomic E-state index is 0.0929. The summed E-state index contributed by atoms with van der Waals surface area (Å²) in [6.07, 6.45) is 1.23. The van der Waals surface area contributed by atoms with Gasteiger partial charge in [0.15, 0.2) is 0 Å². The van der Waals surface area contributed by atoms with Crippen LogP contribution in [0.2, 0.25) is 15.1 Å². The lowest BCUT2D eigenvalue weighted by Gasteiger charge is -2.04. The molecule has 114 valence electrons. The third-order valence-electron chi connectivity index (χ3n) is 2.60. The fourth-order valence-corrected chi connectivity index (χ4v) is 2.65. The summed E-state index contributed by atoms with van der Waals surface area (Å²) in [4.78, 5) is 12.0. The zero-order valence-electron chi connectivity index (χ0n) is 10.8. The number of nitrogens with one attached hydrogen (secondary N) is 1. The molecule has 22 heavy (non-hydrogen) atoms. The molecule has 4 nitrogen and oxygen atoms in total. The topological polar surface area (TPSA) is 61.7 Å². The second-order valence-corrected chi connectivity index (χ2v) is 6.32. The number of rotatable bonds is 3. The third-order valence-corrected chi connectivity index (χ3v) is 3.93. The van der Waals surface area contributed by atoms with Crippen molar-refractivity contribution in [3.05, 3.63) is 61.0 Å². The fourth-order valence-electron chi connectivity index (χ4n) is 1.58. The average molecular weight is 422 g/mol. The molecule has 2 aromatic carbocycles. The SMILES string of the molecule is O=C(N/N=C/c1cc(Cl)cc(Cl)c1O)c1cc(Br)ccc1Cl. The lowest BCUT2D eigenvalue weighted by Crippen LogP contribution is -2.18. The Morgan fingerprint density at radius 3 is 2.64 bits per heavy atom. The van der Waals surface area contributed by atoms with Crippen molar-refractivity contribution in [1.82, 2.24) is 5.43 Å². The molecule has 2 aromatic rings. The molecule has 0 radical (unpaired) electrons. The summed E-state index contributed by atoms with van der Waals surface area (Å²) in [5.74, 6) is -0.667. The summed E-state index contributed by atoms with van der Waals surface area (Å²) in [5.41, 5.74) is 2.85. The molecule has 0 saturated heterocycles. The maximum atomic E-state index is 12.0. The van der Waals surface area contributed by atoms with E-state index < -0.39 is 5.91 Å². The minimum atomic E-state index is -0.491. The largest absolute Gasteiger partial charge is 0.506 e. The van der Waals surface area contributed by atoms with Crippen LogP contribution in [0.5, 0.6) is 5.75 Å². The van der Waals surface area contributed by atoms with Gasteiger partial charge in [-0.15, -0.1) is 0 Å². The van der Waals surface area contributed by atoms with Crippen molar-refractivity contribution in [2.75, 3.05) is 0 Å². The number of hydrazone groups is 1. The number of aromatic hydroxyl groups is 1. The second kappa shape index (κ2) is 7.33. The summed E-state index contributed by atoms with van der Waals surface area (Å²) >= 11 is 20.8. The van der Waals surface area contributed by atoms with Crippen molar-refractivity contribution in [2.45, 2.75) is 0 Å². The van der Waals surface area contributed by atoms with Crippen LogP contribution in [-0.4, -0.2) is 17.2 Å². The molecule has 0 atom stereocenters. The van der Waals surface area contributed by atoms with Crippen LogP contribution in [0.4, 0.5) is 0 Å². The van der Waals surface area contributed by atoms with Crippen LogP contribution in [0, 0.1) is 0 Å². The van der Waals surface area contributed by atoms with Crippen molar-refractivity contribution >= 4 is 62.9 Å². The Balaban J connectivity index is 2.16. The summed E-state index contributed by atoms with van der Waals surface area (Å²) < 4.78 is 0.713. The summed E-state index contributed by atoms with van der Waals surface area (Å²) in [7, 11) is 0. The van der Waals surface area contributed by atoms with Crippen LogP contribution in [0.25, 0.3) is 0 Å². The number of hydrogen-bond acceptors (Lipinski definition) is 3. The molecule has 0 fully saturated rings. The molecule has 0 aliphatic rings. The van der Waals surface area contributed by atoms with E-state index in [4.69, 9.17) is 34.8 Å². The van der Waals surface area contributed by atoms with E-state index in [9.17, 15) is 9.90 Å². The van der Waals surface area contributed by atoms with Gasteiger partial charge in [0.05, 0.1) is 21.8 Å². The van der Waals surface area contributed by atoms with Gasteiger partial charge in [-0.3, -0.25) is 4.79 Å². The molecule has 2 N–H and O–H groups in total. The highest BCUT2D eigenvalue weighted by atomic mass is 79.9. The van der Waals surface area contributed by atoms with Gasteiger partial charge in [0, 0.05) is 15.1 Å². The first-order valence-electron chi connectivity index (χ1n) is 5.85. The second-order valence-electron chi connectivity index (χ2n) is 4.15. The van der Waals surface area contributed by atoms with Gasteiger partial charge in [-0.05, 0) is 30.3 Å². The Bertz CT molecular complexity index is 766. The molecule has 8 heteroatoms. The molecule has 2 rings (SSSR count). The summed E-state index contributed by atoms with van der Waals surface area (Å²) in [6.45, 7) is 0. The summed E-state index contributed by atoms with van der Waals surface area (Å²) in [6, 6.07) is 7.74. The van der Waals surface area contributed by atoms with Gasteiger partial charge in [-0.25, -0.2) is 5.43 Å². The lowest BCUT2D eigenvalue weighted by atomic mass is 10.2. The van der Waals surface area contributed by atoms with Gasteiger partial charge in [-0.2, -0.15) is 5.10 Å². The highest BCUT2D eigenvalue weighted by Gasteiger charge is 2.10. The number of carbonyl (C=O) groups excluding carboxylic acids is 1. The van der Waals surface area contributed by atoms with Crippen LogP contribution < -0.4 is 5.43 Å². The van der Waals surface area contributed by atoms with E-state index in [0.29, 0.717) is 14.5 Å². The van der Waals surface area contributed by atoms with Crippen molar-refractivity contribution in [1.29, 1.82) is 0 Å². The van der Waals surface area contributed by atoms with Crippen LogP contribution >= 0.6 is 50.7 Å². The van der Waals surface area contributed by atoms with Gasteiger partial charge in [0.1, 0.15) is 5.75 Å². The van der Waals surface area contributed by atoms with E-state index >= 15 is 0 Å². The fraction of sp³-hybridized carbons (Fsp3) is 0. The normalized spacial score (nSPS) is 10.9. The number of phenolic OH excluding ortho intramolecular Hbond substituents is 1. The Morgan fingerprint density at radius 2 is 1.91 bits per heavy atom. The zero-order chi connectivity index (χ0) is 16.3. The smallest absolute Gasteiger partial charge is 0.272 e. The van der Waals surface area contributed by atoms with E-state index in [2.05, 4.69) is 26.5 Å². The number of benzene rings is 2. The molecule has 1 amide bonds. The predicted molar refractivity (Wildman–Crippen MR) is 92.3 cm³/mol. The summed E-state index contributed by atoms with van der Waals surface area (Å²) in [5, 5.41) is 14.2. The number of phenols is 1. The van der Waals surface area contributed by atoms with E-state index in [0.717, 1.165) is 0 Å². The van der Waals surface area contributed by atoms with Crippen LogP contribution in [-0.2, 0) is 0 Å². The van der Waals surface area contributed by atoms with Gasteiger partial charge in [0.2, 0.25) is 0 Å². The van der Waals surface area contributed by atoms with Crippen molar-refractivity contribution in [3.8, 4) is 5.75 Å². The number of hydrogen-bond donors (Lipinski definition) is 2. The highest BCUT2D eigenvalue weighted by Crippen LogP contribution is 2.30. The van der Waals surface area contributed by atoms with E-state index in [1.807, 2.05) is 0 Å². The first kappa shape index (κ1) is 17.1. The predicted octanol–water partition coefficient (Wildman–Crippen LogP) is 4.88. The molecular formula is C14H8BrCl3N2O2. The van der Waals surface area contributed by atoms with Crippen LogP contribution in [0.1, 0.15) is 15.9 Å². The van der Waals surface area contributed by atoms with Crippen molar-refractivity contribution < 1.29 is 9.90 Å². The molecule has 0 spiro atoms. The third kappa shape index (κ3) is 4.14. The van der Waals surface area contributed by atoms with Crippen molar-refractivity contribution in [2.24, 2.45) is 5.10 Å². The van der Waals surface area contributed by atoms with E-state index in [1.54, 1.807) is 18.2 Å². The maximum absolute atomic E-state index is 12.0. The minimum Gasteiger partial charge on any atom is -0.506 e. The van der Waals surface area contributed by atoms with Crippen molar-refractivity contribution in [3.63, 3.8) is 0 Å².